The number of hydrogen-bond donors (Lipinski definition) is 1. The van der Waals surface area contributed by atoms with Crippen LogP contribution in [0.3, 0.4) is 0 Å². The Labute approximate surface area is 95.3 Å². The van der Waals surface area contributed by atoms with Crippen molar-refractivity contribution in [1.29, 1.82) is 0 Å². The minimum absolute atomic E-state index is 0.406. The monoisotopic (exact) mass is 217 g/mol. The molecule has 0 amide bonds. The number of rotatable bonds is 4. The van der Waals surface area contributed by atoms with Crippen LogP contribution in [0.15, 0.2) is 42.5 Å². The van der Waals surface area contributed by atoms with Crippen LogP contribution in [-0.2, 0) is 6.42 Å². The second kappa shape index (κ2) is 5.08. The predicted octanol–water partition coefficient (Wildman–Crippen LogP) is 2.94. The summed E-state index contributed by atoms with van der Waals surface area (Å²) < 4.78 is 13.6. The third kappa shape index (κ3) is 2.39. The molecule has 2 aromatic rings. The molecule has 2 aromatic carbocycles. The highest BCUT2D eigenvalue weighted by atomic mass is 19.1. The molecule has 0 spiro atoms. The molecule has 1 atom stereocenters. The summed E-state index contributed by atoms with van der Waals surface area (Å²) in [6.45, 7) is 0.406. The van der Waals surface area contributed by atoms with Crippen molar-refractivity contribution in [2.24, 2.45) is 0 Å². The average molecular weight is 217 g/mol. The van der Waals surface area contributed by atoms with Crippen molar-refractivity contribution >= 4 is 10.8 Å². The molecule has 1 nitrogen and oxygen atoms in total. The maximum absolute atomic E-state index is 13.6. The van der Waals surface area contributed by atoms with E-state index in [1.807, 2.05) is 24.3 Å². The quantitative estimate of drug-likeness (QED) is 0.830. The fraction of sp³-hybridized carbons (Fsp3) is 0.286. The molecule has 0 fully saturated rings. The van der Waals surface area contributed by atoms with Gasteiger partial charge in [0.05, 0.1) is 0 Å². The van der Waals surface area contributed by atoms with Crippen molar-refractivity contribution in [3.05, 3.63) is 48.0 Å². The Balaban J connectivity index is 2.30. The van der Waals surface area contributed by atoms with Crippen LogP contribution in [0.25, 0.3) is 10.8 Å². The Morgan fingerprint density at radius 1 is 1.12 bits per heavy atom. The molecule has 0 heterocycles. The van der Waals surface area contributed by atoms with Gasteiger partial charge in [-0.25, -0.2) is 4.39 Å². The van der Waals surface area contributed by atoms with Crippen molar-refractivity contribution in [3.63, 3.8) is 0 Å². The van der Waals surface area contributed by atoms with Crippen molar-refractivity contribution < 1.29 is 4.39 Å². The number of hydrogen-bond acceptors (Lipinski definition) is 1. The van der Waals surface area contributed by atoms with E-state index < -0.39 is 6.17 Å². The molecular formula is C14H16FN. The lowest BCUT2D eigenvalue weighted by Crippen LogP contribution is -2.21. The van der Waals surface area contributed by atoms with Crippen molar-refractivity contribution in [1.82, 2.24) is 5.32 Å². The summed E-state index contributed by atoms with van der Waals surface area (Å²) >= 11 is 0. The van der Waals surface area contributed by atoms with Crippen LogP contribution in [0.2, 0.25) is 0 Å². The van der Waals surface area contributed by atoms with E-state index >= 15 is 0 Å². The Bertz CT molecular complexity index is 462. The van der Waals surface area contributed by atoms with Gasteiger partial charge in [-0.3, -0.25) is 0 Å². The van der Waals surface area contributed by atoms with Gasteiger partial charge in [-0.2, -0.15) is 0 Å². The molecule has 0 radical (unpaired) electrons. The van der Waals surface area contributed by atoms with E-state index in [4.69, 9.17) is 0 Å². The number of halogens is 1. The van der Waals surface area contributed by atoms with Gasteiger partial charge in [0.25, 0.3) is 0 Å². The number of alkyl halides is 1. The van der Waals surface area contributed by atoms with Gasteiger partial charge in [-0.05, 0) is 23.4 Å². The van der Waals surface area contributed by atoms with E-state index in [2.05, 4.69) is 23.5 Å². The van der Waals surface area contributed by atoms with E-state index in [1.165, 1.54) is 5.39 Å². The Morgan fingerprint density at radius 3 is 2.69 bits per heavy atom. The summed E-state index contributed by atoms with van der Waals surface area (Å²) in [6.07, 6.45) is -0.349. The molecule has 0 unspecified atom stereocenters. The van der Waals surface area contributed by atoms with E-state index in [0.29, 0.717) is 13.0 Å². The molecular weight excluding hydrogens is 201 g/mol. The average Bonchev–Trinajstić information content (AvgIpc) is 2.30. The van der Waals surface area contributed by atoms with Crippen molar-refractivity contribution in [2.45, 2.75) is 12.6 Å². The van der Waals surface area contributed by atoms with Crippen LogP contribution in [0.4, 0.5) is 4.39 Å². The molecule has 0 aromatic heterocycles. The molecule has 0 aliphatic carbocycles. The number of benzene rings is 2. The maximum atomic E-state index is 13.6. The van der Waals surface area contributed by atoms with Crippen LogP contribution in [0.5, 0.6) is 0 Å². The van der Waals surface area contributed by atoms with Crippen molar-refractivity contribution in [2.75, 3.05) is 13.6 Å². The molecule has 16 heavy (non-hydrogen) atoms. The summed E-state index contributed by atoms with van der Waals surface area (Å²) in [5.74, 6) is 0. The number of fused-ring (bicyclic) bond motifs is 1. The Kier molecular flexibility index (Phi) is 3.52. The first kappa shape index (κ1) is 11.1. The summed E-state index contributed by atoms with van der Waals surface area (Å²) in [5.41, 5.74) is 1.08. The summed E-state index contributed by atoms with van der Waals surface area (Å²) in [7, 11) is 1.77. The van der Waals surface area contributed by atoms with Gasteiger partial charge < -0.3 is 5.32 Å². The van der Waals surface area contributed by atoms with Gasteiger partial charge in [0, 0.05) is 13.0 Å². The largest absolute Gasteiger partial charge is 0.317 e. The minimum Gasteiger partial charge on any atom is -0.317 e. The van der Waals surface area contributed by atoms with E-state index in [0.717, 1.165) is 10.9 Å². The summed E-state index contributed by atoms with van der Waals surface area (Å²) in [6, 6.07) is 14.2. The molecule has 2 heteroatoms. The summed E-state index contributed by atoms with van der Waals surface area (Å²) in [4.78, 5) is 0. The van der Waals surface area contributed by atoms with E-state index in [-0.39, 0.29) is 0 Å². The zero-order valence-electron chi connectivity index (χ0n) is 9.41. The van der Waals surface area contributed by atoms with Gasteiger partial charge in [0.1, 0.15) is 6.17 Å². The molecule has 0 bridgehead atoms. The molecule has 1 N–H and O–H groups in total. The smallest absolute Gasteiger partial charge is 0.117 e. The molecule has 2 rings (SSSR count). The molecule has 0 aliphatic rings. The first-order valence-electron chi connectivity index (χ1n) is 5.56. The van der Waals surface area contributed by atoms with E-state index in [9.17, 15) is 4.39 Å². The molecule has 0 saturated carbocycles. The molecule has 0 aliphatic heterocycles. The molecule has 0 saturated heterocycles. The van der Waals surface area contributed by atoms with E-state index in [1.54, 1.807) is 7.05 Å². The molecule has 84 valence electrons. The fourth-order valence-corrected chi connectivity index (χ4v) is 2.00. The lowest BCUT2D eigenvalue weighted by molar-refractivity contribution is 0.325. The highest BCUT2D eigenvalue weighted by molar-refractivity contribution is 5.85. The Morgan fingerprint density at radius 2 is 1.88 bits per heavy atom. The first-order valence-corrected chi connectivity index (χ1v) is 5.56. The SMILES string of the molecule is CNC[C@H](F)Cc1cccc2ccccc12. The van der Waals surface area contributed by atoms with Gasteiger partial charge in [-0.1, -0.05) is 42.5 Å². The zero-order chi connectivity index (χ0) is 11.4. The van der Waals surface area contributed by atoms with Crippen LogP contribution in [0, 0.1) is 0 Å². The highest BCUT2D eigenvalue weighted by Gasteiger charge is 2.08. The predicted molar refractivity (Wildman–Crippen MR) is 66.5 cm³/mol. The van der Waals surface area contributed by atoms with Crippen molar-refractivity contribution in [3.8, 4) is 0 Å². The summed E-state index contributed by atoms with van der Waals surface area (Å²) in [5, 5.41) is 5.19. The van der Waals surface area contributed by atoms with Crippen LogP contribution >= 0.6 is 0 Å². The van der Waals surface area contributed by atoms with Gasteiger partial charge in [0.2, 0.25) is 0 Å². The lowest BCUT2D eigenvalue weighted by Gasteiger charge is -2.10. The fourth-order valence-electron chi connectivity index (χ4n) is 2.00. The van der Waals surface area contributed by atoms with Crippen LogP contribution in [-0.4, -0.2) is 19.8 Å². The topological polar surface area (TPSA) is 12.0 Å². The van der Waals surface area contributed by atoms with Crippen LogP contribution < -0.4 is 5.32 Å². The zero-order valence-corrected chi connectivity index (χ0v) is 9.41. The van der Waals surface area contributed by atoms with Crippen LogP contribution in [0.1, 0.15) is 5.56 Å². The number of nitrogens with one attached hydrogen (secondary N) is 1. The minimum atomic E-state index is -0.823. The standard InChI is InChI=1S/C14H16FN/c1-16-10-13(15)9-12-7-4-6-11-5-2-3-8-14(11)12/h2-8,13,16H,9-10H2,1H3/t13-/m1/s1. The first-order chi connectivity index (χ1) is 7.81. The Hall–Kier alpha value is -1.41. The maximum Gasteiger partial charge on any atom is 0.117 e. The third-order valence-corrected chi connectivity index (χ3v) is 2.75. The second-order valence-corrected chi connectivity index (χ2v) is 4.00. The van der Waals surface area contributed by atoms with Gasteiger partial charge in [-0.15, -0.1) is 0 Å². The third-order valence-electron chi connectivity index (χ3n) is 2.75. The second-order valence-electron chi connectivity index (χ2n) is 4.00. The van der Waals surface area contributed by atoms with Gasteiger partial charge in [0.15, 0.2) is 0 Å². The highest BCUT2D eigenvalue weighted by Crippen LogP contribution is 2.20. The lowest BCUT2D eigenvalue weighted by atomic mass is 10.0. The van der Waals surface area contributed by atoms with Gasteiger partial charge >= 0.3 is 0 Å². The normalized spacial score (nSPS) is 12.9.